The number of hydrogen-bond acceptors (Lipinski definition) is 9. The van der Waals surface area contributed by atoms with Crippen LogP contribution in [-0.4, -0.2) is 115 Å². The van der Waals surface area contributed by atoms with Gasteiger partial charge < -0.3 is 39.1 Å². The SMILES string of the molecule is COC(=O)CN(C)C(=O)N(C1CC1)C1c2ccccc2N(C(=O)OCc2ccccc2)C2CCCC21.COC(=O)CN(C)C(=O)N(C1CC1)C1c2ccccc2NC2CCCC21.[HH]. The second-order valence-electron chi connectivity index (χ2n) is 17.7. The number of amides is 5. The van der Waals surface area contributed by atoms with Crippen molar-refractivity contribution in [3.63, 3.8) is 0 Å². The molecule has 3 aromatic rings. The van der Waals surface area contributed by atoms with Crippen molar-refractivity contribution in [1.82, 2.24) is 19.6 Å². The minimum absolute atomic E-state index is 0. The summed E-state index contributed by atoms with van der Waals surface area (Å²) in [6, 6.07) is 26.4. The Kier molecular flexibility index (Phi) is 12.9. The highest BCUT2D eigenvalue weighted by molar-refractivity contribution is 5.91. The number of benzene rings is 3. The van der Waals surface area contributed by atoms with E-state index in [4.69, 9.17) is 14.2 Å². The van der Waals surface area contributed by atoms with Crippen LogP contribution in [0.4, 0.5) is 25.8 Å². The molecule has 4 fully saturated rings. The summed E-state index contributed by atoms with van der Waals surface area (Å²) in [6.07, 6.45) is 9.85. The first kappa shape index (κ1) is 42.9. The number of fused-ring (bicyclic) bond motifs is 4. The molecule has 3 aromatic carbocycles. The van der Waals surface area contributed by atoms with E-state index in [1.165, 1.54) is 36.0 Å². The predicted octanol–water partition coefficient (Wildman–Crippen LogP) is 8.00. The number of urea groups is 2. The molecular formula is C48H62N6O8. The molecule has 0 saturated heterocycles. The number of likely N-dealkylation sites (N-methyl/N-ethyl adjacent to an activating group) is 2. The third kappa shape index (κ3) is 8.92. The summed E-state index contributed by atoms with van der Waals surface area (Å²) in [5.41, 5.74) is 5.06. The highest BCUT2D eigenvalue weighted by Crippen LogP contribution is 2.53. The molecule has 14 heteroatoms. The number of ether oxygens (including phenoxy) is 3. The standard InChI is InChI=1S/C28H33N3O5.C20H27N3O3.H2/c1-29(17-25(32)35-2)27(33)30(20-15-16-20)26-21-11-6-7-13-23(21)31(24-14-8-12-22(24)26)28(34)36-18-19-9-4-3-5-10-19;1-22(12-18(24)26-2)20(25)23(13-10-11-13)19-14-6-3-4-8-16(14)21-17-9-5-7-15(17)19;/h3-7,9-11,13,20,22,24,26H,8,12,14-18H2,1-2H3;3-4,6,8,13,15,17,19,21H,5,7,9-12H2,1-2H3;1H. The van der Waals surface area contributed by atoms with Crippen LogP contribution in [-0.2, 0) is 30.4 Å². The van der Waals surface area contributed by atoms with Gasteiger partial charge in [-0.05, 0) is 80.2 Å². The monoisotopic (exact) mass is 850 g/mol. The van der Waals surface area contributed by atoms with Gasteiger partial charge in [0, 0.05) is 57.2 Å². The van der Waals surface area contributed by atoms with Gasteiger partial charge in [0.15, 0.2) is 0 Å². The number of anilines is 2. The molecule has 6 unspecified atom stereocenters. The fraction of sp³-hybridized carbons (Fsp3) is 0.521. The minimum Gasteiger partial charge on any atom is -0.468 e. The molecule has 2 aliphatic heterocycles. The Morgan fingerprint density at radius 2 is 1.18 bits per heavy atom. The lowest BCUT2D eigenvalue weighted by Gasteiger charge is -2.47. The summed E-state index contributed by atoms with van der Waals surface area (Å²) in [5.74, 6) is -0.306. The molecule has 0 aromatic heterocycles. The summed E-state index contributed by atoms with van der Waals surface area (Å²) in [5, 5.41) is 3.69. The third-order valence-electron chi connectivity index (χ3n) is 13.5. The van der Waals surface area contributed by atoms with E-state index >= 15 is 0 Å². The number of nitrogens with zero attached hydrogens (tertiary/aromatic N) is 5. The second kappa shape index (κ2) is 18.7. The molecule has 2 heterocycles. The Balaban J connectivity index is 0.000000195. The van der Waals surface area contributed by atoms with Gasteiger partial charge in [-0.2, -0.15) is 0 Å². The van der Waals surface area contributed by atoms with Crippen LogP contribution in [0.25, 0.3) is 0 Å². The van der Waals surface area contributed by atoms with E-state index in [2.05, 4.69) is 28.4 Å². The van der Waals surface area contributed by atoms with Crippen LogP contribution in [0.5, 0.6) is 0 Å². The number of para-hydroxylation sites is 2. The molecular weight excluding hydrogens is 789 g/mol. The van der Waals surface area contributed by atoms with Crippen molar-refractivity contribution < 1.29 is 39.6 Å². The topological polar surface area (TPSA) is 141 Å². The van der Waals surface area contributed by atoms with Crippen molar-refractivity contribution in [1.29, 1.82) is 0 Å². The van der Waals surface area contributed by atoms with E-state index in [0.717, 1.165) is 80.3 Å². The van der Waals surface area contributed by atoms with Crippen LogP contribution in [0.2, 0.25) is 0 Å². The van der Waals surface area contributed by atoms with E-state index < -0.39 is 5.97 Å². The molecule has 0 radical (unpaired) electrons. The average molecular weight is 851 g/mol. The van der Waals surface area contributed by atoms with Crippen molar-refractivity contribution in [2.24, 2.45) is 11.8 Å². The largest absolute Gasteiger partial charge is 0.468 e. The Morgan fingerprint density at radius 3 is 1.79 bits per heavy atom. The van der Waals surface area contributed by atoms with Gasteiger partial charge in [-0.15, -0.1) is 0 Å². The Labute approximate surface area is 365 Å². The first-order chi connectivity index (χ1) is 30.1. The molecule has 4 aliphatic carbocycles. The fourth-order valence-electron chi connectivity index (χ4n) is 10.4. The van der Waals surface area contributed by atoms with Gasteiger partial charge in [-0.1, -0.05) is 79.6 Å². The molecule has 6 atom stereocenters. The Hall–Kier alpha value is -5.79. The zero-order chi connectivity index (χ0) is 43.5. The van der Waals surface area contributed by atoms with Gasteiger partial charge in [-0.3, -0.25) is 14.5 Å². The van der Waals surface area contributed by atoms with Crippen molar-refractivity contribution in [2.45, 2.75) is 107 Å². The zero-order valence-electron chi connectivity index (χ0n) is 36.3. The second-order valence-corrected chi connectivity index (χ2v) is 17.7. The molecule has 4 saturated carbocycles. The summed E-state index contributed by atoms with van der Waals surface area (Å²) in [4.78, 5) is 72.8. The zero-order valence-corrected chi connectivity index (χ0v) is 36.3. The molecule has 0 bridgehead atoms. The van der Waals surface area contributed by atoms with Crippen molar-refractivity contribution in [3.05, 3.63) is 95.6 Å². The van der Waals surface area contributed by atoms with Crippen LogP contribution in [0.1, 0.15) is 94.4 Å². The number of rotatable bonds is 10. The van der Waals surface area contributed by atoms with Gasteiger partial charge in [0.05, 0.1) is 32.0 Å². The average Bonchev–Trinajstić information content (AvgIpc) is 4.22. The molecule has 332 valence electrons. The number of hydrogen-bond donors (Lipinski definition) is 1. The van der Waals surface area contributed by atoms with Gasteiger partial charge in [-0.25, -0.2) is 14.4 Å². The first-order valence-electron chi connectivity index (χ1n) is 22.2. The van der Waals surface area contributed by atoms with Gasteiger partial charge in [0.2, 0.25) is 0 Å². The van der Waals surface area contributed by atoms with Crippen molar-refractivity contribution in [3.8, 4) is 0 Å². The van der Waals surface area contributed by atoms with E-state index in [9.17, 15) is 24.0 Å². The highest BCUT2D eigenvalue weighted by atomic mass is 16.6. The number of carbonyl (C=O) groups is 5. The van der Waals surface area contributed by atoms with Crippen LogP contribution in [0.3, 0.4) is 0 Å². The molecule has 6 aliphatic rings. The van der Waals surface area contributed by atoms with Crippen molar-refractivity contribution >= 4 is 41.5 Å². The molecule has 62 heavy (non-hydrogen) atoms. The number of carbonyl (C=O) groups excluding carboxylic acids is 5. The first-order valence-corrected chi connectivity index (χ1v) is 22.2. The Bertz CT molecular complexity index is 2120. The fourth-order valence-corrected chi connectivity index (χ4v) is 10.4. The molecule has 1 N–H and O–H groups in total. The maximum atomic E-state index is 13.7. The summed E-state index contributed by atoms with van der Waals surface area (Å²) >= 11 is 0. The molecule has 9 rings (SSSR count). The lowest BCUT2D eigenvalue weighted by molar-refractivity contribution is -0.142. The van der Waals surface area contributed by atoms with Crippen molar-refractivity contribution in [2.75, 3.05) is 51.6 Å². The maximum absolute atomic E-state index is 13.7. The number of methoxy groups -OCH3 is 2. The lowest BCUT2D eigenvalue weighted by atomic mass is 9.82. The maximum Gasteiger partial charge on any atom is 0.414 e. The van der Waals surface area contributed by atoms with Crippen LogP contribution >= 0.6 is 0 Å². The smallest absolute Gasteiger partial charge is 0.414 e. The van der Waals surface area contributed by atoms with E-state index in [-0.39, 0.29) is 81.4 Å². The van der Waals surface area contributed by atoms with Gasteiger partial charge >= 0.3 is 30.1 Å². The minimum atomic E-state index is -0.447. The summed E-state index contributed by atoms with van der Waals surface area (Å²) < 4.78 is 15.3. The highest BCUT2D eigenvalue weighted by Gasteiger charge is 2.53. The summed E-state index contributed by atoms with van der Waals surface area (Å²) in [6.45, 7) is 0.0996. The lowest BCUT2D eigenvalue weighted by Crippen LogP contribution is -2.55. The number of nitrogens with one attached hydrogen (secondary N) is 1. The molecule has 0 spiro atoms. The normalized spacial score (nSPS) is 24.0. The van der Waals surface area contributed by atoms with E-state index in [1.807, 2.05) is 70.5 Å². The van der Waals surface area contributed by atoms with Crippen LogP contribution in [0, 0.1) is 11.8 Å². The molecule has 14 nitrogen and oxygen atoms in total. The van der Waals surface area contributed by atoms with Crippen LogP contribution in [0.15, 0.2) is 78.9 Å². The quantitative estimate of drug-likeness (QED) is 0.159. The molecule has 5 amide bonds. The van der Waals surface area contributed by atoms with E-state index in [0.29, 0.717) is 12.0 Å². The van der Waals surface area contributed by atoms with Crippen LogP contribution < -0.4 is 10.2 Å². The predicted molar refractivity (Wildman–Crippen MR) is 235 cm³/mol. The Morgan fingerprint density at radius 1 is 0.645 bits per heavy atom. The third-order valence-corrected chi connectivity index (χ3v) is 13.5. The van der Waals surface area contributed by atoms with Gasteiger partial charge in [0.1, 0.15) is 19.7 Å². The van der Waals surface area contributed by atoms with E-state index in [1.54, 1.807) is 14.1 Å². The summed E-state index contributed by atoms with van der Waals surface area (Å²) in [7, 11) is 6.01. The van der Waals surface area contributed by atoms with Gasteiger partial charge in [0.25, 0.3) is 0 Å². The number of esters is 2.